The van der Waals surface area contributed by atoms with E-state index in [1.807, 2.05) is 36.4 Å². The fraction of sp³-hybridized carbons (Fsp3) is 0. The first-order chi connectivity index (χ1) is 6.84. The molecule has 14 heavy (non-hydrogen) atoms. The molecule has 1 aromatic heterocycles. The Bertz CT molecular complexity index is 399. The lowest BCUT2D eigenvalue weighted by Gasteiger charge is -2.04. The molecule has 0 spiro atoms. The summed E-state index contributed by atoms with van der Waals surface area (Å²) in [6.45, 7) is 0. The molecule has 0 saturated carbocycles. The number of ether oxygens (including phenoxy) is 1. The first-order valence-corrected chi connectivity index (χ1v) is 4.66. The Labute approximate surface area is 88.0 Å². The van der Waals surface area contributed by atoms with E-state index in [2.05, 4.69) is 17.6 Å². The van der Waals surface area contributed by atoms with Crippen molar-refractivity contribution in [2.45, 2.75) is 4.90 Å². The molecule has 0 aliphatic heterocycles. The highest BCUT2D eigenvalue weighted by atomic mass is 32.1. The quantitative estimate of drug-likeness (QED) is 0.757. The summed E-state index contributed by atoms with van der Waals surface area (Å²) in [6.07, 6.45) is 3.39. The monoisotopic (exact) mass is 203 g/mol. The van der Waals surface area contributed by atoms with Crippen LogP contribution in [0.25, 0.3) is 0 Å². The molecule has 0 saturated heterocycles. The summed E-state index contributed by atoms with van der Waals surface area (Å²) in [7, 11) is 0. The minimum Gasteiger partial charge on any atom is -0.457 e. The molecule has 0 amide bonds. The first-order valence-electron chi connectivity index (χ1n) is 4.21. The lowest BCUT2D eigenvalue weighted by atomic mass is 10.3. The molecule has 2 rings (SSSR count). The van der Waals surface area contributed by atoms with E-state index < -0.39 is 0 Å². The van der Waals surface area contributed by atoms with Gasteiger partial charge >= 0.3 is 0 Å². The largest absolute Gasteiger partial charge is 0.457 e. The number of hydrogen-bond donors (Lipinski definition) is 1. The van der Waals surface area contributed by atoms with Crippen LogP contribution in [-0.4, -0.2) is 4.98 Å². The number of pyridine rings is 1. The van der Waals surface area contributed by atoms with E-state index in [1.165, 1.54) is 0 Å². The summed E-state index contributed by atoms with van der Waals surface area (Å²) in [5, 5.41) is 0. The third-order valence-corrected chi connectivity index (χ3v) is 2.02. The summed E-state index contributed by atoms with van der Waals surface area (Å²) in [5.41, 5.74) is 0. The average Bonchev–Trinajstić information content (AvgIpc) is 2.23. The summed E-state index contributed by atoms with van der Waals surface area (Å²) in [4.78, 5) is 4.83. The molecule has 0 aliphatic rings. The number of nitrogens with zero attached hydrogens (tertiary/aromatic N) is 1. The summed E-state index contributed by atoms with van der Waals surface area (Å²) in [6, 6.07) is 11.2. The second-order valence-corrected chi connectivity index (χ2v) is 3.30. The molecule has 70 valence electrons. The van der Waals surface area contributed by atoms with Crippen LogP contribution in [0, 0.1) is 0 Å². The van der Waals surface area contributed by atoms with Crippen molar-refractivity contribution in [3.8, 4) is 11.5 Å². The van der Waals surface area contributed by atoms with Gasteiger partial charge in [0, 0.05) is 17.3 Å². The maximum Gasteiger partial charge on any atom is 0.130 e. The number of rotatable bonds is 2. The molecular weight excluding hydrogens is 194 g/mol. The highest BCUT2D eigenvalue weighted by molar-refractivity contribution is 7.80. The number of aromatic nitrogens is 1. The minimum absolute atomic E-state index is 0.784. The Hall–Kier alpha value is -1.48. The third kappa shape index (κ3) is 2.26. The minimum atomic E-state index is 0.784. The van der Waals surface area contributed by atoms with Crippen LogP contribution < -0.4 is 4.74 Å². The van der Waals surface area contributed by atoms with Gasteiger partial charge in [0.05, 0.1) is 0 Å². The van der Waals surface area contributed by atoms with E-state index in [-0.39, 0.29) is 0 Å². The molecule has 1 heterocycles. The van der Waals surface area contributed by atoms with Crippen LogP contribution in [0.15, 0.2) is 53.7 Å². The maximum atomic E-state index is 5.56. The van der Waals surface area contributed by atoms with E-state index in [1.54, 1.807) is 12.4 Å². The van der Waals surface area contributed by atoms with Crippen molar-refractivity contribution in [3.05, 3.63) is 48.8 Å². The Morgan fingerprint density at radius 1 is 0.857 bits per heavy atom. The molecule has 0 unspecified atom stereocenters. The van der Waals surface area contributed by atoms with Gasteiger partial charge in [0.15, 0.2) is 0 Å². The second-order valence-electron chi connectivity index (χ2n) is 2.78. The molecule has 0 fully saturated rings. The molecule has 0 radical (unpaired) electrons. The average molecular weight is 203 g/mol. The Kier molecular flexibility index (Phi) is 2.70. The van der Waals surface area contributed by atoms with Crippen molar-refractivity contribution in [2.75, 3.05) is 0 Å². The van der Waals surface area contributed by atoms with Crippen LogP contribution in [0.4, 0.5) is 0 Å². The van der Waals surface area contributed by atoms with Gasteiger partial charge in [-0.1, -0.05) is 0 Å². The lowest BCUT2D eigenvalue weighted by molar-refractivity contribution is 0.481. The maximum absolute atomic E-state index is 5.56. The zero-order chi connectivity index (χ0) is 9.80. The van der Waals surface area contributed by atoms with Gasteiger partial charge in [-0.3, -0.25) is 4.98 Å². The normalized spacial score (nSPS) is 9.79. The van der Waals surface area contributed by atoms with Crippen LogP contribution in [0.1, 0.15) is 0 Å². The smallest absolute Gasteiger partial charge is 0.130 e. The van der Waals surface area contributed by atoms with Gasteiger partial charge in [-0.15, -0.1) is 12.6 Å². The molecule has 0 aliphatic carbocycles. The second kappa shape index (κ2) is 4.15. The van der Waals surface area contributed by atoms with E-state index in [0.29, 0.717) is 0 Å². The molecular formula is C11H9NOS. The molecule has 0 atom stereocenters. The number of thiol groups is 1. The fourth-order valence-electron chi connectivity index (χ4n) is 1.06. The predicted octanol–water partition coefficient (Wildman–Crippen LogP) is 3.16. The van der Waals surface area contributed by atoms with Crippen molar-refractivity contribution >= 4 is 12.6 Å². The number of hydrogen-bond acceptors (Lipinski definition) is 3. The molecule has 0 N–H and O–H groups in total. The van der Waals surface area contributed by atoms with Gasteiger partial charge in [-0.25, -0.2) is 0 Å². The van der Waals surface area contributed by atoms with E-state index in [9.17, 15) is 0 Å². The standard InChI is InChI=1S/C11H9NOS/c14-11-3-1-9(2-4-11)13-10-5-7-12-8-6-10/h1-8,14H. The van der Waals surface area contributed by atoms with E-state index in [4.69, 9.17) is 4.74 Å². The summed E-state index contributed by atoms with van der Waals surface area (Å²) in [5.74, 6) is 1.58. The highest BCUT2D eigenvalue weighted by Gasteiger charge is 1.94. The predicted molar refractivity (Wildman–Crippen MR) is 58.0 cm³/mol. The summed E-state index contributed by atoms with van der Waals surface area (Å²) >= 11 is 4.19. The van der Waals surface area contributed by atoms with Gasteiger partial charge in [0.2, 0.25) is 0 Å². The fourth-order valence-corrected chi connectivity index (χ4v) is 1.21. The zero-order valence-corrected chi connectivity index (χ0v) is 8.32. The van der Waals surface area contributed by atoms with Crippen LogP contribution in [0.2, 0.25) is 0 Å². The Balaban J connectivity index is 2.16. The van der Waals surface area contributed by atoms with E-state index in [0.717, 1.165) is 16.4 Å². The van der Waals surface area contributed by atoms with Crippen LogP contribution >= 0.6 is 12.6 Å². The number of benzene rings is 1. The van der Waals surface area contributed by atoms with Crippen LogP contribution in [-0.2, 0) is 0 Å². The molecule has 2 nitrogen and oxygen atoms in total. The first kappa shape index (κ1) is 9.09. The highest BCUT2D eigenvalue weighted by Crippen LogP contribution is 2.21. The van der Waals surface area contributed by atoms with Gasteiger partial charge < -0.3 is 4.74 Å². The van der Waals surface area contributed by atoms with Gasteiger partial charge in [-0.05, 0) is 36.4 Å². The third-order valence-electron chi connectivity index (χ3n) is 1.72. The van der Waals surface area contributed by atoms with Gasteiger partial charge in [0.1, 0.15) is 11.5 Å². The van der Waals surface area contributed by atoms with E-state index >= 15 is 0 Å². The Morgan fingerprint density at radius 2 is 1.43 bits per heavy atom. The van der Waals surface area contributed by atoms with Crippen molar-refractivity contribution in [2.24, 2.45) is 0 Å². The van der Waals surface area contributed by atoms with Crippen molar-refractivity contribution in [1.29, 1.82) is 0 Å². The van der Waals surface area contributed by atoms with Crippen LogP contribution in [0.5, 0.6) is 11.5 Å². The van der Waals surface area contributed by atoms with Gasteiger partial charge in [0.25, 0.3) is 0 Å². The molecule has 1 aromatic carbocycles. The molecule has 3 heteroatoms. The zero-order valence-electron chi connectivity index (χ0n) is 7.42. The Morgan fingerprint density at radius 3 is 2.07 bits per heavy atom. The van der Waals surface area contributed by atoms with Crippen molar-refractivity contribution in [1.82, 2.24) is 4.98 Å². The van der Waals surface area contributed by atoms with Crippen molar-refractivity contribution < 1.29 is 4.74 Å². The summed E-state index contributed by atoms with van der Waals surface area (Å²) < 4.78 is 5.56. The molecule has 0 bridgehead atoms. The molecule has 2 aromatic rings. The lowest BCUT2D eigenvalue weighted by Crippen LogP contribution is -1.83. The SMILES string of the molecule is Sc1ccc(Oc2ccncc2)cc1. The van der Waals surface area contributed by atoms with Crippen LogP contribution in [0.3, 0.4) is 0 Å². The topological polar surface area (TPSA) is 22.1 Å². The van der Waals surface area contributed by atoms with Crippen molar-refractivity contribution in [3.63, 3.8) is 0 Å². The van der Waals surface area contributed by atoms with Gasteiger partial charge in [-0.2, -0.15) is 0 Å².